The third-order valence-corrected chi connectivity index (χ3v) is 5.22. The van der Waals surface area contributed by atoms with Crippen molar-refractivity contribution in [2.75, 3.05) is 0 Å². The summed E-state index contributed by atoms with van der Waals surface area (Å²) in [6.45, 7) is 3.78. The quantitative estimate of drug-likeness (QED) is 0.801. The van der Waals surface area contributed by atoms with Crippen LogP contribution in [0.1, 0.15) is 25.8 Å². The van der Waals surface area contributed by atoms with Gasteiger partial charge in [0, 0.05) is 10.5 Å². The highest BCUT2D eigenvalue weighted by Crippen LogP contribution is 2.63. The van der Waals surface area contributed by atoms with E-state index in [2.05, 4.69) is 21.2 Å². The van der Waals surface area contributed by atoms with Crippen LogP contribution in [0.25, 0.3) is 0 Å². The van der Waals surface area contributed by atoms with Gasteiger partial charge in [0.1, 0.15) is 4.33 Å². The lowest BCUT2D eigenvalue weighted by molar-refractivity contribution is -0.126. The molecule has 0 aromatic heterocycles. The molecule has 1 N–H and O–H groups in total. The maximum atomic E-state index is 12.1. The molecule has 1 saturated carbocycles. The second kappa shape index (κ2) is 5.27. The topological polar surface area (TPSA) is 29.1 Å². The van der Waals surface area contributed by atoms with Gasteiger partial charge < -0.3 is 5.32 Å². The average molecular weight is 365 g/mol. The zero-order valence-electron chi connectivity index (χ0n) is 10.8. The van der Waals surface area contributed by atoms with E-state index in [1.165, 1.54) is 5.56 Å². The fourth-order valence-electron chi connectivity index (χ4n) is 2.05. The summed E-state index contributed by atoms with van der Waals surface area (Å²) in [4.78, 5) is 12.1. The van der Waals surface area contributed by atoms with Crippen LogP contribution in [0.3, 0.4) is 0 Å². The minimum absolute atomic E-state index is 0.0511. The van der Waals surface area contributed by atoms with Gasteiger partial charge in [0.2, 0.25) is 5.91 Å². The molecule has 1 aliphatic rings. The number of carbonyl (C=O) groups is 1. The number of alkyl halides is 2. The summed E-state index contributed by atoms with van der Waals surface area (Å²) in [7, 11) is 0. The Kier molecular flexibility index (Phi) is 4.20. The third-order valence-electron chi connectivity index (χ3n) is 3.59. The Morgan fingerprint density at radius 3 is 2.42 bits per heavy atom. The number of hydrogen-bond acceptors (Lipinski definition) is 1. The lowest BCUT2D eigenvalue weighted by Gasteiger charge is -2.18. The maximum absolute atomic E-state index is 12.1. The zero-order chi connectivity index (χ0) is 14.3. The van der Waals surface area contributed by atoms with Crippen molar-refractivity contribution in [1.82, 2.24) is 5.32 Å². The van der Waals surface area contributed by atoms with Gasteiger partial charge in [0.25, 0.3) is 0 Å². The van der Waals surface area contributed by atoms with Gasteiger partial charge >= 0.3 is 0 Å². The third kappa shape index (κ3) is 3.26. The molecule has 0 heterocycles. The fraction of sp³-hybridized carbons (Fsp3) is 0.500. The van der Waals surface area contributed by atoms with Crippen molar-refractivity contribution in [2.24, 2.45) is 5.41 Å². The lowest BCUT2D eigenvalue weighted by atomic mass is 10.0. The molecule has 0 spiro atoms. The predicted octanol–water partition coefficient (Wildman–Crippen LogP) is 4.08. The van der Waals surface area contributed by atoms with E-state index >= 15 is 0 Å². The molecule has 1 aromatic rings. The van der Waals surface area contributed by atoms with Gasteiger partial charge in [-0.3, -0.25) is 4.79 Å². The van der Waals surface area contributed by atoms with Crippen molar-refractivity contribution in [2.45, 2.75) is 37.1 Å². The van der Waals surface area contributed by atoms with Gasteiger partial charge in [-0.15, -0.1) is 23.2 Å². The Bertz CT molecular complexity index is 489. The first-order valence-corrected chi connectivity index (χ1v) is 7.73. The first-order chi connectivity index (χ1) is 8.74. The van der Waals surface area contributed by atoms with Crippen molar-refractivity contribution >= 4 is 45.0 Å². The van der Waals surface area contributed by atoms with Crippen LogP contribution < -0.4 is 5.32 Å². The van der Waals surface area contributed by atoms with Crippen LogP contribution >= 0.6 is 39.1 Å². The molecule has 0 saturated heterocycles. The highest BCUT2D eigenvalue weighted by atomic mass is 79.9. The molecule has 104 valence electrons. The summed E-state index contributed by atoms with van der Waals surface area (Å²) < 4.78 is 0.140. The number of hydrogen-bond donors (Lipinski definition) is 1. The minimum atomic E-state index is -0.908. The summed E-state index contributed by atoms with van der Waals surface area (Å²) in [5.74, 6) is -0.0675. The number of benzene rings is 1. The number of carbonyl (C=O) groups excluding carboxylic acids is 1. The van der Waals surface area contributed by atoms with Crippen molar-refractivity contribution in [1.29, 1.82) is 0 Å². The summed E-state index contributed by atoms with van der Waals surface area (Å²) in [6, 6.07) is 8.12. The lowest BCUT2D eigenvalue weighted by Crippen LogP contribution is -2.40. The number of amides is 1. The van der Waals surface area contributed by atoms with Crippen LogP contribution in [0.5, 0.6) is 0 Å². The van der Waals surface area contributed by atoms with E-state index in [-0.39, 0.29) is 11.9 Å². The molecule has 2 atom stereocenters. The van der Waals surface area contributed by atoms with Crippen LogP contribution in [-0.2, 0) is 11.2 Å². The Labute approximate surface area is 132 Å². The second-order valence-corrected chi connectivity index (χ2v) is 7.82. The Morgan fingerprint density at radius 1 is 1.42 bits per heavy atom. The van der Waals surface area contributed by atoms with Crippen LogP contribution in [0.15, 0.2) is 28.7 Å². The van der Waals surface area contributed by atoms with Gasteiger partial charge in [-0.05, 0) is 44.4 Å². The molecular formula is C14H16BrCl2NO. The first kappa shape index (κ1) is 15.1. The number of nitrogens with one attached hydrogen (secondary N) is 1. The SMILES string of the molecule is C[C@H](Cc1ccc(Br)cc1)NC(=O)[C@]1(C)CC1(Cl)Cl. The zero-order valence-corrected chi connectivity index (χ0v) is 13.9. The molecule has 2 nitrogen and oxygen atoms in total. The fourth-order valence-corrected chi connectivity index (χ4v) is 3.02. The van der Waals surface area contributed by atoms with Gasteiger partial charge in [-0.1, -0.05) is 28.1 Å². The van der Waals surface area contributed by atoms with E-state index in [9.17, 15) is 4.79 Å². The van der Waals surface area contributed by atoms with E-state index in [0.29, 0.717) is 6.42 Å². The summed E-state index contributed by atoms with van der Waals surface area (Å²) in [5, 5.41) is 2.98. The summed E-state index contributed by atoms with van der Waals surface area (Å²) >= 11 is 15.4. The Balaban J connectivity index is 1.90. The first-order valence-electron chi connectivity index (χ1n) is 6.18. The van der Waals surface area contributed by atoms with Crippen molar-refractivity contribution in [3.8, 4) is 0 Å². The standard InChI is InChI=1S/C14H16BrCl2NO/c1-9(7-10-3-5-11(15)6-4-10)18-12(19)13(2)8-14(13,16)17/h3-6,9H,7-8H2,1-2H3,(H,18,19)/t9-,13+/m1/s1. The molecule has 0 aliphatic heterocycles. The molecule has 0 bridgehead atoms. The molecule has 1 aromatic carbocycles. The number of rotatable bonds is 4. The van der Waals surface area contributed by atoms with Crippen LogP contribution in [0, 0.1) is 5.41 Å². The average Bonchev–Trinajstić information content (AvgIpc) is 2.83. The molecule has 1 fully saturated rings. The maximum Gasteiger partial charge on any atom is 0.229 e. The largest absolute Gasteiger partial charge is 0.353 e. The summed E-state index contributed by atoms with van der Waals surface area (Å²) in [6.07, 6.45) is 1.30. The van der Waals surface area contributed by atoms with E-state index in [0.717, 1.165) is 10.9 Å². The molecule has 1 aliphatic carbocycles. The molecule has 0 unspecified atom stereocenters. The molecule has 5 heteroatoms. The van der Waals surface area contributed by atoms with Gasteiger partial charge in [0.15, 0.2) is 0 Å². The van der Waals surface area contributed by atoms with Gasteiger partial charge in [-0.25, -0.2) is 0 Å². The predicted molar refractivity (Wildman–Crippen MR) is 82.6 cm³/mol. The number of halogens is 3. The van der Waals surface area contributed by atoms with E-state index in [1.807, 2.05) is 31.2 Å². The molecular weight excluding hydrogens is 349 g/mol. The van der Waals surface area contributed by atoms with Crippen LogP contribution in [0.2, 0.25) is 0 Å². The van der Waals surface area contributed by atoms with Gasteiger partial charge in [-0.2, -0.15) is 0 Å². The highest BCUT2D eigenvalue weighted by molar-refractivity contribution is 9.10. The van der Waals surface area contributed by atoms with Crippen molar-refractivity contribution < 1.29 is 4.79 Å². The normalized spacial score (nSPS) is 25.7. The van der Waals surface area contributed by atoms with E-state index < -0.39 is 9.75 Å². The summed E-state index contributed by atoms with van der Waals surface area (Å²) in [5.41, 5.74) is 0.532. The van der Waals surface area contributed by atoms with Crippen molar-refractivity contribution in [3.63, 3.8) is 0 Å². The molecule has 19 heavy (non-hydrogen) atoms. The second-order valence-electron chi connectivity index (χ2n) is 5.42. The Morgan fingerprint density at radius 2 is 1.95 bits per heavy atom. The molecule has 0 radical (unpaired) electrons. The highest BCUT2D eigenvalue weighted by Gasteiger charge is 2.67. The van der Waals surface area contributed by atoms with E-state index in [4.69, 9.17) is 23.2 Å². The van der Waals surface area contributed by atoms with E-state index in [1.54, 1.807) is 6.92 Å². The Hall–Kier alpha value is -0.250. The van der Waals surface area contributed by atoms with Gasteiger partial charge in [0.05, 0.1) is 5.41 Å². The van der Waals surface area contributed by atoms with Crippen LogP contribution in [0.4, 0.5) is 0 Å². The molecule has 1 amide bonds. The minimum Gasteiger partial charge on any atom is -0.353 e. The molecule has 2 rings (SSSR count). The van der Waals surface area contributed by atoms with Crippen molar-refractivity contribution in [3.05, 3.63) is 34.3 Å². The monoisotopic (exact) mass is 363 g/mol. The smallest absolute Gasteiger partial charge is 0.229 e. The van der Waals surface area contributed by atoms with Crippen LogP contribution in [-0.4, -0.2) is 16.3 Å².